The molecule has 1 aromatic carbocycles. The highest BCUT2D eigenvalue weighted by Crippen LogP contribution is 2.26. The standard InChI is InChI=1S/C11H6Cl2N4/c12-7-3-1-6(2-4-7)9-8-5-14-17-10(8)16-11(13)15-9/h1-5H,(H,14,15,16,17). The number of hydrogen-bond donors (Lipinski definition) is 1. The van der Waals surface area contributed by atoms with Crippen LogP contribution in [0, 0.1) is 0 Å². The predicted octanol–water partition coefficient (Wildman–Crippen LogP) is 3.33. The summed E-state index contributed by atoms with van der Waals surface area (Å²) in [4.78, 5) is 8.27. The molecule has 1 N–H and O–H groups in total. The summed E-state index contributed by atoms with van der Waals surface area (Å²) < 4.78 is 0. The van der Waals surface area contributed by atoms with Crippen molar-refractivity contribution in [3.05, 3.63) is 40.8 Å². The van der Waals surface area contributed by atoms with Gasteiger partial charge in [-0.2, -0.15) is 10.1 Å². The van der Waals surface area contributed by atoms with Crippen molar-refractivity contribution >= 4 is 34.2 Å². The van der Waals surface area contributed by atoms with Crippen LogP contribution < -0.4 is 0 Å². The van der Waals surface area contributed by atoms with Crippen molar-refractivity contribution in [1.82, 2.24) is 20.2 Å². The zero-order valence-corrected chi connectivity index (χ0v) is 10.00. The molecule has 0 spiro atoms. The lowest BCUT2D eigenvalue weighted by Crippen LogP contribution is -1.89. The van der Waals surface area contributed by atoms with E-state index in [-0.39, 0.29) is 5.28 Å². The molecule has 0 aliphatic rings. The summed E-state index contributed by atoms with van der Waals surface area (Å²) in [6.07, 6.45) is 1.68. The Kier molecular flexibility index (Phi) is 2.46. The summed E-state index contributed by atoms with van der Waals surface area (Å²) in [5.41, 5.74) is 2.28. The number of rotatable bonds is 1. The van der Waals surface area contributed by atoms with Crippen LogP contribution in [-0.2, 0) is 0 Å². The summed E-state index contributed by atoms with van der Waals surface area (Å²) in [7, 11) is 0. The second kappa shape index (κ2) is 3.98. The minimum absolute atomic E-state index is 0.187. The summed E-state index contributed by atoms with van der Waals surface area (Å²) in [5.74, 6) is 0. The molecule has 0 bridgehead atoms. The van der Waals surface area contributed by atoms with Gasteiger partial charge in [0.2, 0.25) is 5.28 Å². The molecule has 2 heterocycles. The van der Waals surface area contributed by atoms with Crippen LogP contribution in [0.2, 0.25) is 10.3 Å². The van der Waals surface area contributed by atoms with Crippen molar-refractivity contribution < 1.29 is 0 Å². The number of nitrogens with one attached hydrogen (secondary N) is 1. The quantitative estimate of drug-likeness (QED) is 0.686. The lowest BCUT2D eigenvalue weighted by atomic mass is 10.1. The van der Waals surface area contributed by atoms with E-state index >= 15 is 0 Å². The molecule has 3 aromatic rings. The maximum atomic E-state index is 5.87. The molecule has 4 nitrogen and oxygen atoms in total. The van der Waals surface area contributed by atoms with Gasteiger partial charge < -0.3 is 0 Å². The molecule has 2 aromatic heterocycles. The summed E-state index contributed by atoms with van der Waals surface area (Å²) in [5, 5.41) is 8.40. The first-order valence-electron chi connectivity index (χ1n) is 4.86. The lowest BCUT2D eigenvalue weighted by molar-refractivity contribution is 1.09. The van der Waals surface area contributed by atoms with Gasteiger partial charge in [-0.1, -0.05) is 23.7 Å². The Morgan fingerprint density at radius 1 is 1.00 bits per heavy atom. The molecule has 0 atom stereocenters. The fourth-order valence-electron chi connectivity index (χ4n) is 1.64. The summed E-state index contributed by atoms with van der Waals surface area (Å²) >= 11 is 11.7. The van der Waals surface area contributed by atoms with Crippen molar-refractivity contribution in [2.24, 2.45) is 0 Å². The van der Waals surface area contributed by atoms with Gasteiger partial charge in [-0.15, -0.1) is 0 Å². The molecule has 6 heteroatoms. The van der Waals surface area contributed by atoms with Gasteiger partial charge in [-0.05, 0) is 23.7 Å². The molecule has 0 radical (unpaired) electrons. The Morgan fingerprint density at radius 2 is 1.76 bits per heavy atom. The number of fused-ring (bicyclic) bond motifs is 1. The van der Waals surface area contributed by atoms with E-state index < -0.39 is 0 Å². The van der Waals surface area contributed by atoms with Crippen molar-refractivity contribution in [3.63, 3.8) is 0 Å². The van der Waals surface area contributed by atoms with Gasteiger partial charge in [-0.25, -0.2) is 4.98 Å². The minimum atomic E-state index is 0.187. The normalized spacial score (nSPS) is 10.9. The second-order valence-corrected chi connectivity index (χ2v) is 4.25. The number of aromatic nitrogens is 4. The van der Waals surface area contributed by atoms with Crippen molar-refractivity contribution in [2.45, 2.75) is 0 Å². The van der Waals surface area contributed by atoms with Gasteiger partial charge in [0.15, 0.2) is 5.65 Å². The predicted molar refractivity (Wildman–Crippen MR) is 67.1 cm³/mol. The molecule has 0 aliphatic carbocycles. The zero-order chi connectivity index (χ0) is 11.8. The molecule has 0 saturated carbocycles. The number of halogens is 2. The van der Waals surface area contributed by atoms with Crippen LogP contribution in [0.15, 0.2) is 30.5 Å². The van der Waals surface area contributed by atoms with Crippen LogP contribution in [0.3, 0.4) is 0 Å². The van der Waals surface area contributed by atoms with Crippen molar-refractivity contribution in [1.29, 1.82) is 0 Å². The Hall–Kier alpha value is -1.65. The number of nitrogens with zero attached hydrogens (tertiary/aromatic N) is 3. The van der Waals surface area contributed by atoms with Gasteiger partial charge in [0.1, 0.15) is 0 Å². The van der Waals surface area contributed by atoms with E-state index in [1.165, 1.54) is 0 Å². The van der Waals surface area contributed by atoms with Gasteiger partial charge >= 0.3 is 0 Å². The fourth-order valence-corrected chi connectivity index (χ4v) is 1.93. The third-order valence-electron chi connectivity index (χ3n) is 2.40. The minimum Gasteiger partial charge on any atom is -0.261 e. The second-order valence-electron chi connectivity index (χ2n) is 3.48. The van der Waals surface area contributed by atoms with Gasteiger partial charge in [0, 0.05) is 10.6 Å². The van der Waals surface area contributed by atoms with Crippen LogP contribution in [0.4, 0.5) is 0 Å². The Labute approximate surface area is 107 Å². The maximum Gasteiger partial charge on any atom is 0.224 e. The molecule has 17 heavy (non-hydrogen) atoms. The molecular weight excluding hydrogens is 259 g/mol. The Balaban J connectivity index is 2.28. The van der Waals surface area contributed by atoms with Gasteiger partial charge in [-0.3, -0.25) is 5.10 Å². The third kappa shape index (κ3) is 1.85. The average Bonchev–Trinajstić information content (AvgIpc) is 2.77. The first-order valence-corrected chi connectivity index (χ1v) is 5.62. The van der Waals surface area contributed by atoms with E-state index in [1.54, 1.807) is 18.3 Å². The molecule has 0 saturated heterocycles. The number of hydrogen-bond acceptors (Lipinski definition) is 3. The first kappa shape index (κ1) is 10.5. The largest absolute Gasteiger partial charge is 0.261 e. The van der Waals surface area contributed by atoms with Crippen molar-refractivity contribution in [2.75, 3.05) is 0 Å². The van der Waals surface area contributed by atoms with Crippen LogP contribution in [0.5, 0.6) is 0 Å². The Morgan fingerprint density at radius 3 is 2.53 bits per heavy atom. The molecule has 0 amide bonds. The average molecular weight is 265 g/mol. The number of benzene rings is 1. The highest BCUT2D eigenvalue weighted by molar-refractivity contribution is 6.30. The first-order chi connectivity index (χ1) is 8.24. The highest BCUT2D eigenvalue weighted by atomic mass is 35.5. The smallest absolute Gasteiger partial charge is 0.224 e. The van der Waals surface area contributed by atoms with E-state index in [9.17, 15) is 0 Å². The topological polar surface area (TPSA) is 54.5 Å². The van der Waals surface area contributed by atoms with Gasteiger partial charge in [0.25, 0.3) is 0 Å². The van der Waals surface area contributed by atoms with Crippen LogP contribution >= 0.6 is 23.2 Å². The van der Waals surface area contributed by atoms with Crippen LogP contribution in [0.25, 0.3) is 22.3 Å². The summed E-state index contributed by atoms with van der Waals surface area (Å²) in [6.45, 7) is 0. The Bertz CT molecular complexity index is 676. The SMILES string of the molecule is Clc1ccc(-c2nc(Cl)nc3[nH]ncc23)cc1. The lowest BCUT2D eigenvalue weighted by Gasteiger charge is -2.02. The molecular formula is C11H6Cl2N4. The van der Waals surface area contributed by atoms with Crippen molar-refractivity contribution in [3.8, 4) is 11.3 Å². The van der Waals surface area contributed by atoms with E-state index in [0.29, 0.717) is 10.7 Å². The van der Waals surface area contributed by atoms with E-state index in [0.717, 1.165) is 16.6 Å². The molecule has 0 fully saturated rings. The fraction of sp³-hybridized carbons (Fsp3) is 0. The molecule has 3 rings (SSSR count). The number of H-pyrrole nitrogens is 1. The molecule has 0 unspecified atom stereocenters. The van der Waals surface area contributed by atoms with E-state index in [4.69, 9.17) is 23.2 Å². The summed E-state index contributed by atoms with van der Waals surface area (Å²) in [6, 6.07) is 7.37. The van der Waals surface area contributed by atoms with Crippen LogP contribution in [0.1, 0.15) is 0 Å². The van der Waals surface area contributed by atoms with Crippen LogP contribution in [-0.4, -0.2) is 20.2 Å². The maximum absolute atomic E-state index is 5.87. The highest BCUT2D eigenvalue weighted by Gasteiger charge is 2.10. The zero-order valence-electron chi connectivity index (χ0n) is 8.48. The van der Waals surface area contributed by atoms with E-state index in [2.05, 4.69) is 20.2 Å². The van der Waals surface area contributed by atoms with Gasteiger partial charge in [0.05, 0.1) is 17.3 Å². The molecule has 0 aliphatic heterocycles. The molecule has 84 valence electrons. The number of aromatic amines is 1. The third-order valence-corrected chi connectivity index (χ3v) is 2.82. The van der Waals surface area contributed by atoms with E-state index in [1.807, 2.05) is 12.1 Å². The monoisotopic (exact) mass is 264 g/mol.